The fraction of sp³-hybridized carbons (Fsp3) is 0.571. The summed E-state index contributed by atoms with van der Waals surface area (Å²) in [6.07, 6.45) is -4.26. The molecule has 0 radical (unpaired) electrons. The number of hydrogen-bond donors (Lipinski definition) is 2. The van der Waals surface area contributed by atoms with Crippen LogP contribution in [0.1, 0.15) is 18.0 Å². The molecule has 1 aromatic carbocycles. The van der Waals surface area contributed by atoms with Gasteiger partial charge >= 0.3 is 6.36 Å². The van der Waals surface area contributed by atoms with Crippen LogP contribution in [0.15, 0.2) is 22.7 Å². The van der Waals surface area contributed by atoms with E-state index in [1.54, 1.807) is 6.07 Å². The molecule has 0 aromatic heterocycles. The van der Waals surface area contributed by atoms with Crippen LogP contribution in [0.3, 0.4) is 0 Å². The van der Waals surface area contributed by atoms with E-state index in [-0.39, 0.29) is 18.4 Å². The maximum absolute atomic E-state index is 12.4. The summed E-state index contributed by atoms with van der Waals surface area (Å²) in [7, 11) is 0. The number of piperazine rings is 1. The van der Waals surface area contributed by atoms with Crippen LogP contribution >= 0.6 is 15.9 Å². The quantitative estimate of drug-likeness (QED) is 0.821. The number of hydrogen-bond acceptors (Lipinski definition) is 4. The predicted octanol–water partition coefficient (Wildman–Crippen LogP) is 2.68. The minimum atomic E-state index is -4.72. The first-order valence-corrected chi connectivity index (χ1v) is 7.80. The highest BCUT2D eigenvalue weighted by Crippen LogP contribution is 2.33. The Morgan fingerprint density at radius 3 is 2.55 bits per heavy atom. The molecule has 0 amide bonds. The van der Waals surface area contributed by atoms with Gasteiger partial charge in [-0.05, 0) is 30.2 Å². The van der Waals surface area contributed by atoms with Crippen molar-refractivity contribution < 1.29 is 23.0 Å². The molecule has 1 aliphatic heterocycles. The largest absolute Gasteiger partial charge is 0.573 e. The van der Waals surface area contributed by atoms with E-state index in [4.69, 9.17) is 0 Å². The van der Waals surface area contributed by atoms with Crippen molar-refractivity contribution in [1.82, 2.24) is 10.2 Å². The van der Waals surface area contributed by atoms with E-state index in [0.717, 1.165) is 26.2 Å². The SMILES string of the molecule is OCC[C@@H](c1cc(Br)cc(OC(F)(F)F)c1)N1CCNCC1. The number of halogens is 4. The first-order chi connectivity index (χ1) is 10.4. The highest BCUT2D eigenvalue weighted by Gasteiger charge is 2.32. The Morgan fingerprint density at radius 1 is 1.27 bits per heavy atom. The Hall–Kier alpha value is -0.830. The van der Waals surface area contributed by atoms with Gasteiger partial charge in [-0.2, -0.15) is 0 Å². The number of nitrogens with zero attached hydrogens (tertiary/aromatic N) is 1. The number of alkyl halides is 3. The van der Waals surface area contributed by atoms with E-state index in [2.05, 4.69) is 30.9 Å². The third kappa shape index (κ3) is 5.12. The summed E-state index contributed by atoms with van der Waals surface area (Å²) < 4.78 is 41.8. The topological polar surface area (TPSA) is 44.7 Å². The van der Waals surface area contributed by atoms with Crippen molar-refractivity contribution in [2.45, 2.75) is 18.8 Å². The summed E-state index contributed by atoms with van der Waals surface area (Å²) in [6.45, 7) is 3.18. The molecule has 0 spiro atoms. The Balaban J connectivity index is 2.26. The second-order valence-corrected chi connectivity index (χ2v) is 6.00. The van der Waals surface area contributed by atoms with Crippen LogP contribution in [0.5, 0.6) is 5.75 Å². The maximum atomic E-state index is 12.4. The second kappa shape index (κ2) is 7.63. The minimum absolute atomic E-state index is 0.0312. The number of aliphatic hydroxyl groups excluding tert-OH is 1. The Bertz CT molecular complexity index is 493. The Labute approximate surface area is 135 Å². The van der Waals surface area contributed by atoms with Crippen LogP contribution in [0.4, 0.5) is 13.2 Å². The number of nitrogens with one attached hydrogen (secondary N) is 1. The molecule has 1 aliphatic rings. The molecule has 124 valence electrons. The summed E-state index contributed by atoms with van der Waals surface area (Å²) in [5, 5.41) is 12.5. The summed E-state index contributed by atoms with van der Waals surface area (Å²) >= 11 is 3.22. The van der Waals surface area contributed by atoms with E-state index in [9.17, 15) is 18.3 Å². The highest BCUT2D eigenvalue weighted by molar-refractivity contribution is 9.10. The lowest BCUT2D eigenvalue weighted by molar-refractivity contribution is -0.274. The zero-order valence-electron chi connectivity index (χ0n) is 11.9. The van der Waals surface area contributed by atoms with Gasteiger partial charge in [-0.3, -0.25) is 4.90 Å². The summed E-state index contributed by atoms with van der Waals surface area (Å²) in [6, 6.07) is 4.30. The molecule has 0 unspecified atom stereocenters. The maximum Gasteiger partial charge on any atom is 0.573 e. The van der Waals surface area contributed by atoms with Gasteiger partial charge in [-0.25, -0.2) is 0 Å². The van der Waals surface area contributed by atoms with E-state index in [1.165, 1.54) is 12.1 Å². The van der Waals surface area contributed by atoms with Crippen LogP contribution in [0, 0.1) is 0 Å². The van der Waals surface area contributed by atoms with E-state index in [1.807, 2.05) is 0 Å². The molecule has 22 heavy (non-hydrogen) atoms. The molecule has 1 fully saturated rings. The smallest absolute Gasteiger partial charge is 0.406 e. The lowest BCUT2D eigenvalue weighted by atomic mass is 10.0. The second-order valence-electron chi connectivity index (χ2n) is 5.08. The lowest BCUT2D eigenvalue weighted by Crippen LogP contribution is -2.45. The van der Waals surface area contributed by atoms with Gasteiger partial charge in [0.1, 0.15) is 5.75 Å². The number of rotatable bonds is 5. The Kier molecular flexibility index (Phi) is 6.08. The molecule has 1 aromatic rings. The molecule has 0 saturated carbocycles. The van der Waals surface area contributed by atoms with Crippen LogP contribution in [-0.4, -0.2) is 49.2 Å². The highest BCUT2D eigenvalue weighted by atomic mass is 79.9. The first kappa shape index (κ1) is 17.5. The molecule has 8 heteroatoms. The first-order valence-electron chi connectivity index (χ1n) is 7.01. The molecule has 1 heterocycles. The zero-order chi connectivity index (χ0) is 16.2. The average molecular weight is 383 g/mol. The van der Waals surface area contributed by atoms with Crippen molar-refractivity contribution in [1.29, 1.82) is 0 Å². The van der Waals surface area contributed by atoms with Crippen molar-refractivity contribution in [2.75, 3.05) is 32.8 Å². The molecule has 2 N–H and O–H groups in total. The van der Waals surface area contributed by atoms with Crippen LogP contribution in [-0.2, 0) is 0 Å². The molecule has 4 nitrogen and oxygen atoms in total. The van der Waals surface area contributed by atoms with Crippen LogP contribution < -0.4 is 10.1 Å². The lowest BCUT2D eigenvalue weighted by Gasteiger charge is -2.35. The zero-order valence-corrected chi connectivity index (χ0v) is 13.5. The third-order valence-electron chi connectivity index (χ3n) is 3.51. The molecular weight excluding hydrogens is 365 g/mol. The number of aliphatic hydroxyl groups is 1. The standard InChI is InChI=1S/C14H18BrF3N2O2/c15-11-7-10(8-12(9-11)22-14(16,17)18)13(1-6-21)20-4-2-19-3-5-20/h7-9,13,19,21H,1-6H2/t13-/m0/s1. The van der Waals surface area contributed by atoms with Gasteiger partial charge in [0.05, 0.1) is 0 Å². The van der Waals surface area contributed by atoms with E-state index in [0.29, 0.717) is 16.5 Å². The van der Waals surface area contributed by atoms with Gasteiger partial charge in [0.2, 0.25) is 0 Å². The number of ether oxygens (including phenoxy) is 1. The third-order valence-corrected chi connectivity index (χ3v) is 3.96. The van der Waals surface area contributed by atoms with Crippen LogP contribution in [0.25, 0.3) is 0 Å². The fourth-order valence-electron chi connectivity index (χ4n) is 2.65. The van der Waals surface area contributed by atoms with Crippen molar-refractivity contribution in [2.24, 2.45) is 0 Å². The van der Waals surface area contributed by atoms with Gasteiger partial charge < -0.3 is 15.2 Å². The van der Waals surface area contributed by atoms with Crippen molar-refractivity contribution in [3.05, 3.63) is 28.2 Å². The van der Waals surface area contributed by atoms with Gasteiger partial charge in [0.25, 0.3) is 0 Å². The molecule has 0 bridgehead atoms. The van der Waals surface area contributed by atoms with Gasteiger partial charge in [-0.1, -0.05) is 15.9 Å². The van der Waals surface area contributed by atoms with Crippen molar-refractivity contribution in [3.63, 3.8) is 0 Å². The summed E-state index contributed by atoms with van der Waals surface area (Å²) in [4.78, 5) is 2.16. The molecule has 1 saturated heterocycles. The molecule has 1 atom stereocenters. The predicted molar refractivity (Wildman–Crippen MR) is 79.7 cm³/mol. The molecule has 0 aliphatic carbocycles. The number of benzene rings is 1. The summed E-state index contributed by atoms with van der Waals surface area (Å²) in [5.74, 6) is -0.255. The van der Waals surface area contributed by atoms with Crippen molar-refractivity contribution >= 4 is 15.9 Å². The van der Waals surface area contributed by atoms with Gasteiger partial charge in [-0.15, -0.1) is 13.2 Å². The minimum Gasteiger partial charge on any atom is -0.406 e. The fourth-order valence-corrected chi connectivity index (χ4v) is 3.14. The monoisotopic (exact) mass is 382 g/mol. The summed E-state index contributed by atoms with van der Waals surface area (Å²) in [5.41, 5.74) is 0.699. The Morgan fingerprint density at radius 2 is 1.95 bits per heavy atom. The van der Waals surface area contributed by atoms with Gasteiger partial charge in [0, 0.05) is 43.3 Å². The molecular formula is C14H18BrF3N2O2. The molecule has 2 rings (SSSR count). The van der Waals surface area contributed by atoms with Crippen LogP contribution in [0.2, 0.25) is 0 Å². The average Bonchev–Trinajstić information content (AvgIpc) is 2.43. The van der Waals surface area contributed by atoms with Crippen molar-refractivity contribution in [3.8, 4) is 5.75 Å². The van der Waals surface area contributed by atoms with E-state index < -0.39 is 6.36 Å². The van der Waals surface area contributed by atoms with Gasteiger partial charge in [0.15, 0.2) is 0 Å². The van der Waals surface area contributed by atoms with E-state index >= 15 is 0 Å². The normalized spacial score (nSPS) is 18.2.